The van der Waals surface area contributed by atoms with E-state index in [2.05, 4.69) is 47.3 Å². The Morgan fingerprint density at radius 2 is 2.33 bits per heavy atom. The third kappa shape index (κ3) is 3.16. The van der Waals surface area contributed by atoms with Crippen molar-refractivity contribution in [2.45, 2.75) is 25.9 Å². The number of hydrogen-bond acceptors (Lipinski definition) is 5. The highest BCUT2D eigenvalue weighted by Crippen LogP contribution is 2.20. The number of morpholine rings is 1. The summed E-state index contributed by atoms with van der Waals surface area (Å²) in [6.07, 6.45) is 3.87. The zero-order valence-electron chi connectivity index (χ0n) is 12.9. The minimum atomic E-state index is 0.207. The maximum atomic E-state index is 5.77. The van der Waals surface area contributed by atoms with Crippen molar-refractivity contribution >= 4 is 11.3 Å². The SMILES string of the molecule is CC(C)c1cc2c(NCC3CN(C)CCO3)nccn2n1. The number of fused-ring (bicyclic) bond motifs is 1. The fourth-order valence-electron chi connectivity index (χ4n) is 2.56. The average molecular weight is 289 g/mol. The van der Waals surface area contributed by atoms with Gasteiger partial charge in [0.15, 0.2) is 5.82 Å². The van der Waals surface area contributed by atoms with Crippen LogP contribution in [0.3, 0.4) is 0 Å². The third-order valence-corrected chi connectivity index (χ3v) is 3.84. The van der Waals surface area contributed by atoms with Crippen molar-refractivity contribution in [1.82, 2.24) is 19.5 Å². The molecule has 0 bridgehead atoms. The van der Waals surface area contributed by atoms with Gasteiger partial charge in [0.1, 0.15) is 5.52 Å². The van der Waals surface area contributed by atoms with Gasteiger partial charge in [-0.1, -0.05) is 13.8 Å². The van der Waals surface area contributed by atoms with Crippen LogP contribution in [0.4, 0.5) is 5.82 Å². The van der Waals surface area contributed by atoms with Crippen molar-refractivity contribution in [1.29, 1.82) is 0 Å². The molecule has 0 saturated carbocycles. The molecule has 21 heavy (non-hydrogen) atoms. The van der Waals surface area contributed by atoms with Crippen LogP contribution >= 0.6 is 0 Å². The monoisotopic (exact) mass is 289 g/mol. The molecule has 1 saturated heterocycles. The second-order valence-electron chi connectivity index (χ2n) is 5.97. The molecule has 6 nitrogen and oxygen atoms in total. The molecule has 1 atom stereocenters. The zero-order valence-corrected chi connectivity index (χ0v) is 12.9. The molecule has 3 rings (SSSR count). The van der Waals surface area contributed by atoms with Crippen molar-refractivity contribution in [2.24, 2.45) is 0 Å². The number of ether oxygens (including phenoxy) is 1. The molecule has 114 valence electrons. The number of nitrogens with zero attached hydrogens (tertiary/aromatic N) is 4. The summed E-state index contributed by atoms with van der Waals surface area (Å²) in [5, 5.41) is 7.98. The van der Waals surface area contributed by atoms with Gasteiger partial charge in [0.2, 0.25) is 0 Å². The van der Waals surface area contributed by atoms with Crippen LogP contribution in [0.15, 0.2) is 18.5 Å². The van der Waals surface area contributed by atoms with Gasteiger partial charge in [0.05, 0.1) is 18.4 Å². The van der Waals surface area contributed by atoms with E-state index in [1.54, 1.807) is 6.20 Å². The Morgan fingerprint density at radius 1 is 1.48 bits per heavy atom. The maximum Gasteiger partial charge on any atom is 0.152 e. The lowest BCUT2D eigenvalue weighted by molar-refractivity contribution is -0.0117. The molecule has 0 spiro atoms. The summed E-state index contributed by atoms with van der Waals surface area (Å²) in [5.74, 6) is 1.28. The Balaban J connectivity index is 1.74. The first-order valence-electron chi connectivity index (χ1n) is 7.52. The molecule has 0 amide bonds. The summed E-state index contributed by atoms with van der Waals surface area (Å²) >= 11 is 0. The van der Waals surface area contributed by atoms with E-state index >= 15 is 0 Å². The van der Waals surface area contributed by atoms with E-state index in [4.69, 9.17) is 4.74 Å². The first-order chi connectivity index (χ1) is 10.1. The van der Waals surface area contributed by atoms with Gasteiger partial charge in [-0.2, -0.15) is 5.10 Å². The van der Waals surface area contributed by atoms with Crippen molar-refractivity contribution in [3.05, 3.63) is 24.2 Å². The number of anilines is 1. The molecule has 1 aliphatic heterocycles. The number of likely N-dealkylation sites (N-methyl/N-ethyl adjacent to an activating group) is 1. The Morgan fingerprint density at radius 3 is 3.10 bits per heavy atom. The highest BCUT2D eigenvalue weighted by atomic mass is 16.5. The first kappa shape index (κ1) is 14.3. The van der Waals surface area contributed by atoms with Gasteiger partial charge in [0.25, 0.3) is 0 Å². The Kier molecular flexibility index (Phi) is 4.07. The van der Waals surface area contributed by atoms with Gasteiger partial charge >= 0.3 is 0 Å². The zero-order chi connectivity index (χ0) is 14.8. The molecule has 1 aliphatic rings. The highest BCUT2D eigenvalue weighted by Gasteiger charge is 2.18. The number of rotatable bonds is 4. The molecular weight excluding hydrogens is 266 g/mol. The van der Waals surface area contributed by atoms with E-state index in [1.807, 2.05) is 10.7 Å². The predicted molar refractivity (Wildman–Crippen MR) is 82.8 cm³/mol. The van der Waals surface area contributed by atoms with Gasteiger partial charge in [0, 0.05) is 32.0 Å². The Labute approximate surface area is 125 Å². The van der Waals surface area contributed by atoms with Crippen molar-refractivity contribution in [3.8, 4) is 0 Å². The Hall–Kier alpha value is -1.66. The summed E-state index contributed by atoms with van der Waals surface area (Å²) in [6, 6.07) is 2.11. The topological polar surface area (TPSA) is 54.7 Å². The lowest BCUT2D eigenvalue weighted by Gasteiger charge is -2.30. The standard InChI is InChI=1S/C15H23N5O/c1-11(2)13-8-14-15(16-4-5-20(14)18-13)17-9-12-10-19(3)6-7-21-12/h4-5,8,11-12H,6-7,9-10H2,1-3H3,(H,16,17). The molecule has 0 aliphatic carbocycles. The predicted octanol–water partition coefficient (Wildman–Crippen LogP) is 1.60. The van der Waals surface area contributed by atoms with Crippen LogP contribution in [0.5, 0.6) is 0 Å². The summed E-state index contributed by atoms with van der Waals surface area (Å²) in [6.45, 7) is 7.81. The molecule has 2 aromatic rings. The lowest BCUT2D eigenvalue weighted by Crippen LogP contribution is -2.43. The van der Waals surface area contributed by atoms with Crippen LogP contribution in [0.1, 0.15) is 25.5 Å². The van der Waals surface area contributed by atoms with E-state index < -0.39 is 0 Å². The smallest absolute Gasteiger partial charge is 0.152 e. The molecule has 1 unspecified atom stereocenters. The second kappa shape index (κ2) is 5.99. The summed E-state index contributed by atoms with van der Waals surface area (Å²) in [7, 11) is 2.13. The molecule has 1 fully saturated rings. The second-order valence-corrected chi connectivity index (χ2v) is 5.97. The molecule has 0 radical (unpaired) electrons. The minimum absolute atomic E-state index is 0.207. The van der Waals surface area contributed by atoms with E-state index in [0.717, 1.165) is 43.3 Å². The van der Waals surface area contributed by atoms with Crippen molar-refractivity contribution in [2.75, 3.05) is 38.6 Å². The summed E-state index contributed by atoms with van der Waals surface area (Å²) in [5.41, 5.74) is 2.10. The lowest BCUT2D eigenvalue weighted by atomic mass is 10.1. The molecular formula is C15H23N5O. The van der Waals surface area contributed by atoms with Crippen LogP contribution in [-0.2, 0) is 4.74 Å². The van der Waals surface area contributed by atoms with Crippen LogP contribution < -0.4 is 5.32 Å². The van der Waals surface area contributed by atoms with E-state index in [0.29, 0.717) is 5.92 Å². The maximum absolute atomic E-state index is 5.77. The van der Waals surface area contributed by atoms with Crippen LogP contribution in [-0.4, -0.2) is 58.9 Å². The number of nitrogens with one attached hydrogen (secondary N) is 1. The van der Waals surface area contributed by atoms with E-state index in [9.17, 15) is 0 Å². The minimum Gasteiger partial charge on any atom is -0.374 e. The molecule has 0 aromatic carbocycles. The van der Waals surface area contributed by atoms with Gasteiger partial charge in [-0.3, -0.25) is 0 Å². The summed E-state index contributed by atoms with van der Waals surface area (Å²) < 4.78 is 7.66. The van der Waals surface area contributed by atoms with Gasteiger partial charge < -0.3 is 15.0 Å². The number of hydrogen-bond donors (Lipinski definition) is 1. The van der Waals surface area contributed by atoms with Crippen LogP contribution in [0.2, 0.25) is 0 Å². The normalized spacial score (nSPS) is 20.3. The first-order valence-corrected chi connectivity index (χ1v) is 7.52. The van der Waals surface area contributed by atoms with Gasteiger partial charge in [-0.05, 0) is 19.0 Å². The Bertz CT molecular complexity index is 609. The van der Waals surface area contributed by atoms with Crippen LogP contribution in [0.25, 0.3) is 5.52 Å². The fraction of sp³-hybridized carbons (Fsp3) is 0.600. The van der Waals surface area contributed by atoms with Crippen molar-refractivity contribution in [3.63, 3.8) is 0 Å². The largest absolute Gasteiger partial charge is 0.374 e. The third-order valence-electron chi connectivity index (χ3n) is 3.84. The van der Waals surface area contributed by atoms with Crippen LogP contribution in [0, 0.1) is 0 Å². The molecule has 1 N–H and O–H groups in total. The molecule has 3 heterocycles. The highest BCUT2D eigenvalue weighted by molar-refractivity contribution is 5.67. The van der Waals surface area contributed by atoms with Crippen molar-refractivity contribution < 1.29 is 4.74 Å². The summed E-state index contributed by atoms with van der Waals surface area (Å²) in [4.78, 5) is 6.73. The van der Waals surface area contributed by atoms with Gasteiger partial charge in [-0.25, -0.2) is 9.50 Å². The van der Waals surface area contributed by atoms with E-state index in [-0.39, 0.29) is 6.10 Å². The molecule has 2 aromatic heterocycles. The number of aromatic nitrogens is 3. The van der Waals surface area contributed by atoms with E-state index in [1.165, 1.54) is 0 Å². The van der Waals surface area contributed by atoms with Gasteiger partial charge in [-0.15, -0.1) is 0 Å². The quantitative estimate of drug-likeness (QED) is 0.926. The molecule has 6 heteroatoms. The average Bonchev–Trinajstić information content (AvgIpc) is 2.90. The fourth-order valence-corrected chi connectivity index (χ4v) is 2.56.